The molecule has 0 radical (unpaired) electrons. The lowest BCUT2D eigenvalue weighted by Crippen LogP contribution is -2.22. The summed E-state index contributed by atoms with van der Waals surface area (Å²) in [4.78, 5) is 22.6. The molecule has 4 rings (SSSR count). The molecule has 7 nitrogen and oxygen atoms in total. The number of fused-ring (bicyclic) bond motifs is 1. The Kier molecular flexibility index (Phi) is 5.35. The monoisotopic (exact) mass is 408 g/mol. The Morgan fingerprint density at radius 1 is 1.14 bits per heavy atom. The van der Waals surface area contributed by atoms with Crippen molar-refractivity contribution in [2.45, 2.75) is 30.7 Å². The van der Waals surface area contributed by atoms with Crippen LogP contribution in [0.1, 0.15) is 30.8 Å². The number of methoxy groups -OCH3 is 1. The summed E-state index contributed by atoms with van der Waals surface area (Å²) in [5, 5.41) is 4.85. The van der Waals surface area contributed by atoms with Crippen LogP contribution in [0.25, 0.3) is 16.6 Å². The van der Waals surface area contributed by atoms with Gasteiger partial charge in [0.25, 0.3) is 5.56 Å². The third-order valence-corrected chi connectivity index (χ3v) is 5.54. The van der Waals surface area contributed by atoms with Crippen molar-refractivity contribution in [2.75, 3.05) is 7.11 Å². The summed E-state index contributed by atoms with van der Waals surface area (Å²) in [6.45, 7) is 3.92. The van der Waals surface area contributed by atoms with Crippen LogP contribution >= 0.6 is 11.8 Å². The third-order valence-electron chi connectivity index (χ3n) is 4.50. The number of ether oxygens (including phenoxy) is 1. The normalized spacial score (nSPS) is 12.2. The molecule has 0 bridgehead atoms. The van der Waals surface area contributed by atoms with Crippen LogP contribution in [0, 0.1) is 0 Å². The summed E-state index contributed by atoms with van der Waals surface area (Å²) in [6.07, 6.45) is 0.695. The van der Waals surface area contributed by atoms with E-state index < -0.39 is 0 Å². The average molecular weight is 408 g/mol. The molecule has 0 N–H and O–H groups in total. The summed E-state index contributed by atoms with van der Waals surface area (Å²) in [6, 6.07) is 14.7. The maximum atomic E-state index is 13.4. The summed E-state index contributed by atoms with van der Waals surface area (Å²) >= 11 is 1.39. The third kappa shape index (κ3) is 3.63. The van der Waals surface area contributed by atoms with Gasteiger partial charge in [0.15, 0.2) is 11.0 Å². The summed E-state index contributed by atoms with van der Waals surface area (Å²) in [5.74, 6) is 1.74. The first kappa shape index (κ1) is 19.2. The predicted molar refractivity (Wildman–Crippen MR) is 112 cm³/mol. The van der Waals surface area contributed by atoms with E-state index in [4.69, 9.17) is 14.2 Å². The fourth-order valence-electron chi connectivity index (χ4n) is 3.00. The molecule has 0 spiro atoms. The van der Waals surface area contributed by atoms with Gasteiger partial charge in [0.05, 0.1) is 29.0 Å². The van der Waals surface area contributed by atoms with Crippen molar-refractivity contribution in [3.63, 3.8) is 0 Å². The number of benzene rings is 2. The van der Waals surface area contributed by atoms with Crippen LogP contribution in [0.2, 0.25) is 0 Å². The molecule has 1 unspecified atom stereocenters. The molecule has 0 amide bonds. The van der Waals surface area contributed by atoms with Crippen LogP contribution in [0.4, 0.5) is 0 Å². The smallest absolute Gasteiger partial charge is 0.266 e. The van der Waals surface area contributed by atoms with Gasteiger partial charge in [-0.2, -0.15) is 4.98 Å². The number of aromatic nitrogens is 4. The van der Waals surface area contributed by atoms with Crippen molar-refractivity contribution in [2.24, 2.45) is 0 Å². The highest BCUT2D eigenvalue weighted by atomic mass is 32.2. The minimum Gasteiger partial charge on any atom is -0.495 e. The minimum atomic E-state index is -0.184. The van der Waals surface area contributed by atoms with Crippen molar-refractivity contribution >= 4 is 22.7 Å². The van der Waals surface area contributed by atoms with Gasteiger partial charge in [-0.3, -0.25) is 9.36 Å². The van der Waals surface area contributed by atoms with Gasteiger partial charge in [0.2, 0.25) is 5.89 Å². The Balaban J connectivity index is 1.88. The lowest BCUT2D eigenvalue weighted by molar-refractivity contribution is 0.375. The van der Waals surface area contributed by atoms with Gasteiger partial charge in [0, 0.05) is 6.42 Å². The van der Waals surface area contributed by atoms with Gasteiger partial charge < -0.3 is 9.26 Å². The van der Waals surface area contributed by atoms with Gasteiger partial charge >= 0.3 is 0 Å². The fourth-order valence-corrected chi connectivity index (χ4v) is 3.95. The van der Waals surface area contributed by atoms with Crippen molar-refractivity contribution in [3.8, 4) is 11.4 Å². The number of thioether (sulfide) groups is 1. The highest BCUT2D eigenvalue weighted by Gasteiger charge is 2.21. The van der Waals surface area contributed by atoms with E-state index in [1.165, 1.54) is 11.8 Å². The molecule has 1 atom stereocenters. The number of hydrogen-bond donors (Lipinski definition) is 0. The number of hydrogen-bond acceptors (Lipinski definition) is 7. The van der Waals surface area contributed by atoms with Crippen LogP contribution < -0.4 is 10.3 Å². The number of rotatable bonds is 6. The van der Waals surface area contributed by atoms with Crippen molar-refractivity contribution in [1.82, 2.24) is 19.7 Å². The van der Waals surface area contributed by atoms with Crippen molar-refractivity contribution < 1.29 is 9.26 Å². The van der Waals surface area contributed by atoms with E-state index in [-0.39, 0.29) is 10.8 Å². The van der Waals surface area contributed by atoms with Crippen LogP contribution in [0.3, 0.4) is 0 Å². The topological polar surface area (TPSA) is 83.0 Å². The van der Waals surface area contributed by atoms with E-state index in [0.717, 1.165) is 0 Å². The average Bonchev–Trinajstić information content (AvgIpc) is 3.24. The van der Waals surface area contributed by atoms with E-state index in [9.17, 15) is 4.79 Å². The Hall–Kier alpha value is -3.13. The molecule has 29 heavy (non-hydrogen) atoms. The van der Waals surface area contributed by atoms with E-state index in [0.29, 0.717) is 45.6 Å². The summed E-state index contributed by atoms with van der Waals surface area (Å²) in [7, 11) is 1.58. The Bertz CT molecular complexity index is 1220. The van der Waals surface area contributed by atoms with E-state index in [2.05, 4.69) is 10.1 Å². The van der Waals surface area contributed by atoms with Gasteiger partial charge in [-0.1, -0.05) is 48.1 Å². The summed E-state index contributed by atoms with van der Waals surface area (Å²) < 4.78 is 12.5. The zero-order valence-electron chi connectivity index (χ0n) is 16.3. The van der Waals surface area contributed by atoms with E-state index in [1.807, 2.05) is 56.3 Å². The van der Waals surface area contributed by atoms with Gasteiger partial charge in [0.1, 0.15) is 5.75 Å². The highest BCUT2D eigenvalue weighted by molar-refractivity contribution is 7.99. The molecule has 2 aromatic carbocycles. The second-order valence-electron chi connectivity index (χ2n) is 6.39. The van der Waals surface area contributed by atoms with E-state index in [1.54, 1.807) is 17.7 Å². The lowest BCUT2D eigenvalue weighted by Gasteiger charge is -2.16. The van der Waals surface area contributed by atoms with Crippen LogP contribution in [-0.2, 0) is 6.42 Å². The second-order valence-corrected chi connectivity index (χ2v) is 7.69. The maximum Gasteiger partial charge on any atom is 0.266 e. The second kappa shape index (κ2) is 8.08. The van der Waals surface area contributed by atoms with Gasteiger partial charge in [-0.15, -0.1) is 0 Å². The Labute approximate surface area is 171 Å². The molecule has 148 valence electrons. The zero-order valence-corrected chi connectivity index (χ0v) is 17.1. The van der Waals surface area contributed by atoms with Crippen LogP contribution in [0.5, 0.6) is 5.75 Å². The lowest BCUT2D eigenvalue weighted by atomic mass is 10.2. The number of para-hydroxylation sites is 3. The standard InChI is InChI=1S/C21H20N4O3S/c1-4-18-23-19(28-24-18)13(2)29-21-22-15-10-6-5-9-14(15)20(26)25(21)16-11-7-8-12-17(16)27-3/h5-13H,4H2,1-3H3. The molecule has 8 heteroatoms. The molecule has 0 aliphatic heterocycles. The molecule has 0 saturated carbocycles. The predicted octanol–water partition coefficient (Wildman–Crippen LogP) is 4.19. The summed E-state index contributed by atoms with van der Waals surface area (Å²) in [5.41, 5.74) is 1.11. The molecule has 0 aliphatic rings. The first-order chi connectivity index (χ1) is 14.1. The quantitative estimate of drug-likeness (QED) is 0.349. The molecule has 2 heterocycles. The van der Waals surface area contributed by atoms with Crippen LogP contribution in [-0.4, -0.2) is 26.8 Å². The fraction of sp³-hybridized carbons (Fsp3) is 0.238. The minimum absolute atomic E-state index is 0.158. The number of aryl methyl sites for hydroxylation is 1. The zero-order chi connectivity index (χ0) is 20.4. The molecular formula is C21H20N4O3S. The molecule has 0 fully saturated rings. The largest absolute Gasteiger partial charge is 0.495 e. The molecule has 0 aliphatic carbocycles. The van der Waals surface area contributed by atoms with Crippen molar-refractivity contribution in [3.05, 3.63) is 70.6 Å². The van der Waals surface area contributed by atoms with Gasteiger partial charge in [-0.05, 0) is 31.2 Å². The molecular weight excluding hydrogens is 388 g/mol. The van der Waals surface area contributed by atoms with E-state index >= 15 is 0 Å². The SMILES string of the molecule is CCc1noc(C(C)Sc2nc3ccccc3c(=O)n2-c2ccccc2OC)n1. The first-order valence-corrected chi connectivity index (χ1v) is 10.1. The Morgan fingerprint density at radius 3 is 2.66 bits per heavy atom. The van der Waals surface area contributed by atoms with Gasteiger partial charge in [-0.25, -0.2) is 4.98 Å². The van der Waals surface area contributed by atoms with Crippen molar-refractivity contribution in [1.29, 1.82) is 0 Å². The molecule has 4 aromatic rings. The maximum absolute atomic E-state index is 13.4. The molecule has 0 saturated heterocycles. The molecule has 2 aromatic heterocycles. The Morgan fingerprint density at radius 2 is 1.90 bits per heavy atom. The highest BCUT2D eigenvalue weighted by Crippen LogP contribution is 2.35. The first-order valence-electron chi connectivity index (χ1n) is 9.26. The number of nitrogens with zero attached hydrogens (tertiary/aromatic N) is 4. The van der Waals surface area contributed by atoms with Crippen LogP contribution in [0.15, 0.2) is 63.0 Å².